The number of carbonyl (C=O) groups excluding carboxylic acids is 1. The van der Waals surface area contributed by atoms with Gasteiger partial charge in [0.15, 0.2) is 0 Å². The number of hydrogen-bond acceptors (Lipinski definition) is 7. The van der Waals surface area contributed by atoms with Gasteiger partial charge in [0.25, 0.3) is 0 Å². The van der Waals surface area contributed by atoms with E-state index in [-0.39, 0.29) is 70.2 Å². The van der Waals surface area contributed by atoms with E-state index >= 15 is 0 Å². The first-order chi connectivity index (χ1) is 25.1. The minimum Gasteiger partial charge on any atom is -0.382 e. The first kappa shape index (κ1) is 53.8. The van der Waals surface area contributed by atoms with E-state index in [1.54, 1.807) is 0 Å². The number of hydrogen-bond donors (Lipinski definition) is 0. The molecule has 25 heteroatoms. The zero-order chi connectivity index (χ0) is 43.0. The molecule has 0 aliphatic rings. The van der Waals surface area contributed by atoms with Crippen LogP contribution < -0.4 is 0 Å². The van der Waals surface area contributed by atoms with Crippen LogP contribution in [0.2, 0.25) is 0 Å². The van der Waals surface area contributed by atoms with Crippen LogP contribution in [0.5, 0.6) is 0 Å². The summed E-state index contributed by atoms with van der Waals surface area (Å²) in [4.78, 5) is 14.7. The topological polar surface area (TPSA) is 57.2 Å². The van der Waals surface area contributed by atoms with E-state index in [1.807, 2.05) is 6.92 Å². The molecule has 1 atom stereocenters. The second kappa shape index (κ2) is 22.8. The number of carbonyl (C=O) groups is 1. The molecule has 1 unspecified atom stereocenters. The standard InChI is InChI=1S/C30H44F17NO5S2/c1-4-5-6-7-8-9-19-54-22(21(49)48(11-13-52-17-15-50-2)12-14-53-18-16-51-3)55-20-10-23(31,32)24(33,34)25(35,36)26(37,38)27(39,40)28(41,42)29(43,44)30(45,46)47/h22H,4-20H2,1-3H3. The highest BCUT2D eigenvalue weighted by Crippen LogP contribution is 2.64. The number of alkyl halides is 17. The molecule has 0 heterocycles. The number of unbranched alkanes of at least 4 members (excludes halogenated alkanes) is 5. The second-order valence-electron chi connectivity index (χ2n) is 11.8. The van der Waals surface area contributed by atoms with Gasteiger partial charge in [0.2, 0.25) is 5.91 Å². The number of nitrogens with zero attached hydrogens (tertiary/aromatic N) is 1. The fraction of sp³-hybridized carbons (Fsp3) is 0.967. The second-order valence-corrected chi connectivity index (χ2v) is 14.5. The molecule has 0 fully saturated rings. The Bertz CT molecular complexity index is 1090. The summed E-state index contributed by atoms with van der Waals surface area (Å²) in [5.74, 6) is -59.0. The molecule has 0 aliphatic carbocycles. The maximum Gasteiger partial charge on any atom is 0.460 e. The largest absolute Gasteiger partial charge is 0.460 e. The SMILES string of the molecule is CCCCCCCCSC(SCCC(F)(F)C(F)(F)C(F)(F)C(F)(F)C(F)(F)C(F)(F)C(F)(F)C(F)(F)F)C(=O)N(CCOCCOC)CCOCCOC. The number of rotatable bonds is 31. The number of ether oxygens (including phenoxy) is 4. The van der Waals surface area contributed by atoms with Crippen LogP contribution in [0.1, 0.15) is 51.9 Å². The Kier molecular flexibility index (Phi) is 22.3. The molecule has 55 heavy (non-hydrogen) atoms. The van der Waals surface area contributed by atoms with Crippen molar-refractivity contribution in [3.8, 4) is 0 Å². The number of halogens is 17. The van der Waals surface area contributed by atoms with E-state index < -0.39 is 70.3 Å². The van der Waals surface area contributed by atoms with Gasteiger partial charge >= 0.3 is 47.6 Å². The average Bonchev–Trinajstić information content (AvgIpc) is 3.07. The minimum absolute atomic E-state index is 0.0785. The van der Waals surface area contributed by atoms with Crippen LogP contribution in [0.4, 0.5) is 74.6 Å². The molecule has 0 saturated carbocycles. The first-order valence-electron chi connectivity index (χ1n) is 16.5. The highest BCUT2D eigenvalue weighted by molar-refractivity contribution is 8.18. The lowest BCUT2D eigenvalue weighted by Crippen LogP contribution is -2.74. The molecule has 0 spiro atoms. The van der Waals surface area contributed by atoms with Crippen LogP contribution in [0.3, 0.4) is 0 Å². The van der Waals surface area contributed by atoms with Crippen molar-refractivity contribution in [3.63, 3.8) is 0 Å². The van der Waals surface area contributed by atoms with Crippen LogP contribution in [0, 0.1) is 0 Å². The Morgan fingerprint density at radius 3 is 1.36 bits per heavy atom. The summed E-state index contributed by atoms with van der Waals surface area (Å²) < 4.78 is 252. The van der Waals surface area contributed by atoms with Crippen LogP contribution >= 0.6 is 23.5 Å². The summed E-state index contributed by atoms with van der Waals surface area (Å²) >= 11 is 0.912. The summed E-state index contributed by atoms with van der Waals surface area (Å²) in [6, 6.07) is 0. The average molecular weight is 886 g/mol. The Morgan fingerprint density at radius 2 is 0.927 bits per heavy atom. The van der Waals surface area contributed by atoms with Crippen molar-refractivity contribution in [1.29, 1.82) is 0 Å². The number of amides is 1. The molecule has 0 aliphatic heterocycles. The van der Waals surface area contributed by atoms with Crippen LogP contribution in [0.25, 0.3) is 0 Å². The zero-order valence-electron chi connectivity index (χ0n) is 29.8. The van der Waals surface area contributed by atoms with E-state index in [2.05, 4.69) is 0 Å². The van der Waals surface area contributed by atoms with Gasteiger partial charge in [-0.1, -0.05) is 39.0 Å². The lowest BCUT2D eigenvalue weighted by molar-refractivity contribution is -0.461. The van der Waals surface area contributed by atoms with E-state index in [4.69, 9.17) is 18.9 Å². The molecule has 6 nitrogen and oxygen atoms in total. The molecular weight excluding hydrogens is 841 g/mol. The normalized spacial score (nSPS) is 14.8. The Morgan fingerprint density at radius 1 is 0.527 bits per heavy atom. The van der Waals surface area contributed by atoms with Crippen molar-refractivity contribution >= 4 is 29.4 Å². The van der Waals surface area contributed by atoms with Crippen molar-refractivity contribution in [2.24, 2.45) is 0 Å². The highest BCUT2D eigenvalue weighted by atomic mass is 32.2. The molecule has 0 aromatic rings. The lowest BCUT2D eigenvalue weighted by atomic mass is 9.88. The van der Waals surface area contributed by atoms with Crippen molar-refractivity contribution < 1.29 is 98.4 Å². The van der Waals surface area contributed by atoms with Gasteiger partial charge in [0.1, 0.15) is 4.58 Å². The van der Waals surface area contributed by atoms with Gasteiger partial charge in [-0.2, -0.15) is 74.6 Å². The first-order valence-corrected chi connectivity index (χ1v) is 18.6. The maximum atomic E-state index is 14.6. The molecule has 0 rings (SSSR count). The summed E-state index contributed by atoms with van der Waals surface area (Å²) in [7, 11) is 2.75. The number of thioether (sulfide) groups is 2. The third-order valence-electron chi connectivity index (χ3n) is 7.63. The van der Waals surface area contributed by atoms with E-state index in [0.29, 0.717) is 12.8 Å². The predicted octanol–water partition coefficient (Wildman–Crippen LogP) is 9.69. The fourth-order valence-corrected chi connectivity index (χ4v) is 6.95. The van der Waals surface area contributed by atoms with Gasteiger partial charge in [-0.05, 0) is 12.2 Å². The molecule has 330 valence electrons. The Balaban J connectivity index is 6.31. The van der Waals surface area contributed by atoms with Crippen LogP contribution in [-0.4, -0.2) is 141 Å². The van der Waals surface area contributed by atoms with Crippen molar-refractivity contribution in [1.82, 2.24) is 4.90 Å². The predicted molar refractivity (Wildman–Crippen MR) is 169 cm³/mol. The third kappa shape index (κ3) is 13.7. The summed E-state index contributed by atoms with van der Waals surface area (Å²) in [6.07, 6.45) is -5.91. The molecule has 0 bridgehead atoms. The molecule has 1 amide bonds. The van der Waals surface area contributed by atoms with Crippen molar-refractivity contribution in [3.05, 3.63) is 0 Å². The van der Waals surface area contributed by atoms with E-state index in [1.165, 1.54) is 14.2 Å². The van der Waals surface area contributed by atoms with Gasteiger partial charge in [-0.15, -0.1) is 23.5 Å². The number of methoxy groups -OCH3 is 2. The molecule has 0 radical (unpaired) electrons. The zero-order valence-corrected chi connectivity index (χ0v) is 31.5. The third-order valence-corrected chi connectivity index (χ3v) is 10.4. The van der Waals surface area contributed by atoms with Gasteiger partial charge in [-0.25, -0.2) is 0 Å². The van der Waals surface area contributed by atoms with Crippen LogP contribution in [-0.2, 0) is 23.7 Å². The van der Waals surface area contributed by atoms with E-state index in [0.717, 1.165) is 42.3 Å². The molecule has 0 N–H and O–H groups in total. The van der Waals surface area contributed by atoms with Gasteiger partial charge in [-0.3, -0.25) is 4.79 Å². The fourth-order valence-electron chi connectivity index (χ4n) is 4.23. The summed E-state index contributed by atoms with van der Waals surface area (Å²) in [6.45, 7) is 1.89. The quantitative estimate of drug-likeness (QED) is 0.0391. The summed E-state index contributed by atoms with van der Waals surface area (Å²) in [5, 5.41) is 0. The van der Waals surface area contributed by atoms with Crippen molar-refractivity contribution in [2.75, 3.05) is 78.5 Å². The van der Waals surface area contributed by atoms with Crippen LogP contribution in [0.15, 0.2) is 0 Å². The molecule has 0 saturated heterocycles. The Labute approximate surface area is 315 Å². The van der Waals surface area contributed by atoms with Gasteiger partial charge < -0.3 is 23.8 Å². The van der Waals surface area contributed by atoms with Crippen molar-refractivity contribution in [2.45, 2.75) is 104 Å². The molecular formula is C30H44F17NO5S2. The smallest absolute Gasteiger partial charge is 0.382 e. The monoisotopic (exact) mass is 885 g/mol. The maximum absolute atomic E-state index is 14.6. The highest BCUT2D eigenvalue weighted by Gasteiger charge is 2.95. The Hall–Kier alpha value is -1.18. The summed E-state index contributed by atoms with van der Waals surface area (Å²) in [5.41, 5.74) is 0. The van der Waals surface area contributed by atoms with E-state index in [9.17, 15) is 79.4 Å². The molecule has 0 aromatic carbocycles. The molecule has 0 aromatic heterocycles. The van der Waals surface area contributed by atoms with Gasteiger partial charge in [0.05, 0.1) is 39.6 Å². The van der Waals surface area contributed by atoms with Gasteiger partial charge in [0, 0.05) is 39.5 Å². The minimum atomic E-state index is -8.69. The lowest BCUT2D eigenvalue weighted by Gasteiger charge is -2.42.